The number of hydrogen-bond acceptors (Lipinski definition) is 4. The van der Waals surface area contributed by atoms with Gasteiger partial charge in [0.15, 0.2) is 0 Å². The van der Waals surface area contributed by atoms with E-state index in [-0.39, 0.29) is 6.42 Å². The second kappa shape index (κ2) is 4.37. The van der Waals surface area contributed by atoms with E-state index in [1.54, 1.807) is 0 Å². The van der Waals surface area contributed by atoms with E-state index in [0.29, 0.717) is 0 Å². The molecule has 0 bridgehead atoms. The molecule has 0 rings (SSSR count). The van der Waals surface area contributed by atoms with Gasteiger partial charge in [-0.1, -0.05) is 6.92 Å². The number of nitrogens with zero attached hydrogens (tertiary/aromatic N) is 2. The van der Waals surface area contributed by atoms with E-state index in [2.05, 4.69) is 10.4 Å². The Balaban J connectivity index is 3.95. The summed E-state index contributed by atoms with van der Waals surface area (Å²) in [5, 5.41) is 4.15. The highest BCUT2D eigenvalue weighted by atomic mass is 16.3. The van der Waals surface area contributed by atoms with Crippen LogP contribution in [0.25, 0.3) is 0 Å². The summed E-state index contributed by atoms with van der Waals surface area (Å²) in [6.07, 6.45) is -0.353. The predicted octanol–water partition coefficient (Wildman–Crippen LogP) is 0.599. The molecule has 0 heterocycles. The van der Waals surface area contributed by atoms with Gasteiger partial charge in [-0.25, -0.2) is 0 Å². The fraction of sp³-hybridized carbons (Fsp3) is 0.600. The minimum atomic E-state index is -0.950. The van der Waals surface area contributed by atoms with Crippen molar-refractivity contribution in [2.45, 2.75) is 13.3 Å². The fourth-order valence-electron chi connectivity index (χ4n) is 0.476. The van der Waals surface area contributed by atoms with Crippen LogP contribution in [0.4, 0.5) is 0 Å². The van der Waals surface area contributed by atoms with E-state index in [0.717, 1.165) is 0 Å². The lowest BCUT2D eigenvalue weighted by Crippen LogP contribution is -2.11. The molecule has 0 unspecified atom stereocenters. The molecule has 0 aromatic rings. The van der Waals surface area contributed by atoms with E-state index in [1.165, 1.54) is 6.92 Å². The van der Waals surface area contributed by atoms with Crippen molar-refractivity contribution in [3.63, 3.8) is 0 Å². The molecule has 0 aromatic carbocycles. The van der Waals surface area contributed by atoms with Crippen LogP contribution in [-0.4, -0.2) is 11.8 Å². The van der Waals surface area contributed by atoms with Gasteiger partial charge in [-0.15, -0.1) is 9.81 Å². The van der Waals surface area contributed by atoms with Crippen LogP contribution in [0.2, 0.25) is 0 Å². The molecule has 0 radical (unpaired) electrons. The second-order valence-corrected chi connectivity index (χ2v) is 2.02. The van der Waals surface area contributed by atoms with Gasteiger partial charge in [-0.2, -0.15) is 0 Å². The van der Waals surface area contributed by atoms with Crippen LogP contribution in [0.5, 0.6) is 0 Å². The molecule has 2 amide bonds. The minimum Gasteiger partial charge on any atom is -0.269 e. The third-order valence-corrected chi connectivity index (χ3v) is 1.09. The number of amides is 2. The average Bonchev–Trinajstić information content (AvgIpc) is 2.02. The molecule has 0 N–H and O–H groups in total. The van der Waals surface area contributed by atoms with Gasteiger partial charge in [-0.3, -0.25) is 9.59 Å². The Morgan fingerprint density at radius 3 is 2.18 bits per heavy atom. The topological polar surface area (TPSA) is 93.0 Å². The lowest BCUT2D eigenvalue weighted by atomic mass is 10.1. The zero-order chi connectivity index (χ0) is 8.85. The third kappa shape index (κ3) is 3.29. The molecule has 0 aromatic heterocycles. The van der Waals surface area contributed by atoms with Crippen molar-refractivity contribution in [2.24, 2.45) is 16.3 Å². The Kier molecular flexibility index (Phi) is 3.79. The SMILES string of the molecule is C[C@@H](CC(=O)N=O)C(=O)N=O. The highest BCUT2D eigenvalue weighted by Gasteiger charge is 2.17. The molecule has 0 aliphatic carbocycles. The van der Waals surface area contributed by atoms with E-state index < -0.39 is 17.7 Å². The van der Waals surface area contributed by atoms with Crippen LogP contribution in [0.15, 0.2) is 10.4 Å². The maximum Gasteiger partial charge on any atom is 0.289 e. The molecule has 1 atom stereocenters. The number of nitroso groups, excluding NO2 is 2. The summed E-state index contributed by atoms with van der Waals surface area (Å²) in [6, 6.07) is 0. The number of hydrogen-bond donors (Lipinski definition) is 0. The number of rotatable bonds is 3. The molecular formula is C5H6N2O4. The van der Waals surface area contributed by atoms with Crippen LogP contribution in [0, 0.1) is 15.7 Å². The average molecular weight is 158 g/mol. The van der Waals surface area contributed by atoms with Crippen LogP contribution in [-0.2, 0) is 9.59 Å². The largest absolute Gasteiger partial charge is 0.289 e. The Hall–Kier alpha value is -1.46. The molecule has 6 nitrogen and oxygen atoms in total. The minimum absolute atomic E-state index is 0.353. The van der Waals surface area contributed by atoms with Gasteiger partial charge in [0.05, 0.1) is 0 Å². The monoisotopic (exact) mass is 158 g/mol. The van der Waals surface area contributed by atoms with Gasteiger partial charge in [0.25, 0.3) is 11.8 Å². The van der Waals surface area contributed by atoms with Gasteiger partial charge in [0.2, 0.25) is 0 Å². The zero-order valence-electron chi connectivity index (χ0n) is 5.81. The predicted molar refractivity (Wildman–Crippen MR) is 35.4 cm³/mol. The van der Waals surface area contributed by atoms with Crippen LogP contribution in [0.1, 0.15) is 13.3 Å². The maximum atomic E-state index is 10.4. The normalized spacial score (nSPS) is 11.7. The van der Waals surface area contributed by atoms with Crippen molar-refractivity contribution in [2.75, 3.05) is 0 Å². The summed E-state index contributed by atoms with van der Waals surface area (Å²) >= 11 is 0. The third-order valence-electron chi connectivity index (χ3n) is 1.09. The highest BCUT2D eigenvalue weighted by molar-refractivity contribution is 5.86. The van der Waals surface area contributed by atoms with Crippen molar-refractivity contribution < 1.29 is 9.59 Å². The molecule has 0 fully saturated rings. The van der Waals surface area contributed by atoms with Crippen LogP contribution >= 0.6 is 0 Å². The van der Waals surface area contributed by atoms with E-state index in [9.17, 15) is 19.4 Å². The molecule has 11 heavy (non-hydrogen) atoms. The molecule has 0 spiro atoms. The van der Waals surface area contributed by atoms with Gasteiger partial charge in [0, 0.05) is 22.7 Å². The summed E-state index contributed by atoms with van der Waals surface area (Å²) in [5.41, 5.74) is 0. The number of carbonyl (C=O) groups is 2. The summed E-state index contributed by atoms with van der Waals surface area (Å²) in [5.74, 6) is -2.74. The maximum absolute atomic E-state index is 10.4. The number of carbonyl (C=O) groups excluding carboxylic acids is 2. The Morgan fingerprint density at radius 1 is 1.27 bits per heavy atom. The second-order valence-electron chi connectivity index (χ2n) is 2.02. The molecule has 0 saturated carbocycles. The van der Waals surface area contributed by atoms with Crippen molar-refractivity contribution in [3.8, 4) is 0 Å². The highest BCUT2D eigenvalue weighted by Crippen LogP contribution is 2.04. The zero-order valence-corrected chi connectivity index (χ0v) is 5.81. The molecule has 6 heteroatoms. The quantitative estimate of drug-likeness (QED) is 0.562. The van der Waals surface area contributed by atoms with E-state index in [4.69, 9.17) is 0 Å². The molecule has 60 valence electrons. The standard InChI is InChI=1S/C5H6N2O4/c1-3(5(9)7-11)2-4(8)6-10/h3H,2H2,1H3/t3-/m0/s1. The lowest BCUT2D eigenvalue weighted by molar-refractivity contribution is -0.126. The first-order valence-electron chi connectivity index (χ1n) is 2.85. The summed E-state index contributed by atoms with van der Waals surface area (Å²) < 4.78 is 0. The first-order chi connectivity index (χ1) is 5.11. The first-order valence-corrected chi connectivity index (χ1v) is 2.85. The summed E-state index contributed by atoms with van der Waals surface area (Å²) in [4.78, 5) is 39.8. The van der Waals surface area contributed by atoms with Crippen molar-refractivity contribution >= 4 is 11.8 Å². The van der Waals surface area contributed by atoms with Crippen LogP contribution < -0.4 is 0 Å². The van der Waals surface area contributed by atoms with Gasteiger partial charge < -0.3 is 0 Å². The van der Waals surface area contributed by atoms with Crippen molar-refractivity contribution in [1.29, 1.82) is 0 Å². The van der Waals surface area contributed by atoms with Gasteiger partial charge in [-0.05, 0) is 0 Å². The summed E-state index contributed by atoms with van der Waals surface area (Å²) in [7, 11) is 0. The van der Waals surface area contributed by atoms with E-state index >= 15 is 0 Å². The van der Waals surface area contributed by atoms with Crippen molar-refractivity contribution in [3.05, 3.63) is 9.81 Å². The molecular weight excluding hydrogens is 152 g/mol. The molecule has 0 aliphatic heterocycles. The fourth-order valence-corrected chi connectivity index (χ4v) is 0.476. The molecule has 0 aliphatic rings. The summed E-state index contributed by atoms with van der Waals surface area (Å²) in [6.45, 7) is 1.33. The van der Waals surface area contributed by atoms with Gasteiger partial charge >= 0.3 is 0 Å². The Labute approximate surface area is 61.9 Å². The Bertz CT molecular complexity index is 201. The Morgan fingerprint density at radius 2 is 1.82 bits per heavy atom. The van der Waals surface area contributed by atoms with Crippen molar-refractivity contribution in [1.82, 2.24) is 0 Å². The molecule has 0 saturated heterocycles. The van der Waals surface area contributed by atoms with Gasteiger partial charge in [0.1, 0.15) is 0 Å². The lowest BCUT2D eigenvalue weighted by Gasteiger charge is -1.97. The smallest absolute Gasteiger partial charge is 0.269 e. The van der Waals surface area contributed by atoms with Crippen LogP contribution in [0.3, 0.4) is 0 Å². The van der Waals surface area contributed by atoms with E-state index in [1.807, 2.05) is 0 Å². The first kappa shape index (κ1) is 9.54.